The van der Waals surface area contributed by atoms with Crippen LogP contribution in [0.25, 0.3) is 0 Å². The fourth-order valence-corrected chi connectivity index (χ4v) is 3.71. The van der Waals surface area contributed by atoms with Crippen molar-refractivity contribution in [2.75, 3.05) is 43.4 Å². The van der Waals surface area contributed by atoms with Gasteiger partial charge in [0.25, 0.3) is 0 Å². The summed E-state index contributed by atoms with van der Waals surface area (Å²) in [7, 11) is 0. The zero-order valence-corrected chi connectivity index (χ0v) is 16.9. The maximum atomic E-state index is 12.4. The summed E-state index contributed by atoms with van der Waals surface area (Å²) in [6, 6.07) is 9.25. The molecule has 2 N–H and O–H groups in total. The van der Waals surface area contributed by atoms with E-state index in [1.807, 2.05) is 30.3 Å². The van der Waals surface area contributed by atoms with Gasteiger partial charge >= 0.3 is 6.03 Å². The molecule has 0 aliphatic carbocycles. The molecule has 2 aromatic rings. The van der Waals surface area contributed by atoms with Gasteiger partial charge in [-0.3, -0.25) is 15.0 Å². The highest BCUT2D eigenvalue weighted by Crippen LogP contribution is 2.18. The van der Waals surface area contributed by atoms with E-state index in [0.717, 1.165) is 30.0 Å². The highest BCUT2D eigenvalue weighted by atomic mass is 32.1. The van der Waals surface area contributed by atoms with Crippen LogP contribution in [0.15, 0.2) is 30.3 Å². The number of carbonyl (C=O) groups excluding carboxylic acids is 2. The Morgan fingerprint density at radius 2 is 1.82 bits per heavy atom. The number of rotatable bonds is 7. The van der Waals surface area contributed by atoms with Gasteiger partial charge < -0.3 is 10.2 Å². The Kier molecular flexibility index (Phi) is 7.32. The van der Waals surface area contributed by atoms with E-state index in [9.17, 15) is 9.59 Å². The molecule has 0 bridgehead atoms. The predicted octanol–water partition coefficient (Wildman–Crippen LogP) is 2.67. The summed E-state index contributed by atoms with van der Waals surface area (Å²) in [5.41, 5.74) is 0.792. The summed E-state index contributed by atoms with van der Waals surface area (Å²) in [5.74, 6) is -0.0439. The van der Waals surface area contributed by atoms with Crippen LogP contribution >= 0.6 is 11.3 Å². The van der Waals surface area contributed by atoms with Crippen molar-refractivity contribution in [3.63, 3.8) is 0 Å². The molecule has 1 aliphatic heterocycles. The molecule has 0 radical (unpaired) electrons. The molecule has 2 heterocycles. The second kappa shape index (κ2) is 10.1. The predicted molar refractivity (Wildman–Crippen MR) is 111 cm³/mol. The van der Waals surface area contributed by atoms with Crippen LogP contribution in [0.5, 0.6) is 0 Å². The normalized spacial score (nSPS) is 14.7. The van der Waals surface area contributed by atoms with Crippen molar-refractivity contribution in [2.24, 2.45) is 0 Å². The molecule has 1 aromatic carbocycles. The molecule has 0 saturated carbocycles. The molecular formula is C19H26N6O2S. The zero-order valence-electron chi connectivity index (χ0n) is 16.1. The number of para-hydroxylation sites is 1. The molecular weight excluding hydrogens is 376 g/mol. The first-order valence-electron chi connectivity index (χ1n) is 9.59. The number of anilines is 2. The highest BCUT2D eigenvalue weighted by Gasteiger charge is 2.23. The maximum Gasteiger partial charge on any atom is 0.323 e. The molecule has 1 aliphatic rings. The Hall–Kier alpha value is -2.52. The van der Waals surface area contributed by atoms with Gasteiger partial charge in [0.15, 0.2) is 0 Å². The van der Waals surface area contributed by atoms with Crippen molar-refractivity contribution < 1.29 is 9.59 Å². The summed E-state index contributed by atoms with van der Waals surface area (Å²) >= 11 is 1.43. The first-order valence-corrected chi connectivity index (χ1v) is 10.4. The van der Waals surface area contributed by atoms with Crippen LogP contribution in [0.2, 0.25) is 0 Å². The standard InChI is InChI=1S/C19H26N6O2S/c1-2-3-9-17-22-23-18(28-17)21-19(27)25-12-10-24(11-13-25)14-16(26)20-15-7-5-4-6-8-15/h4-8H,2-3,9-14H2,1H3,(H,20,26)(H,21,23,27). The van der Waals surface area contributed by atoms with Crippen LogP contribution in [-0.4, -0.2) is 64.7 Å². The average Bonchev–Trinajstić information content (AvgIpc) is 3.15. The van der Waals surface area contributed by atoms with Crippen molar-refractivity contribution >= 4 is 34.1 Å². The van der Waals surface area contributed by atoms with Gasteiger partial charge in [-0.1, -0.05) is 42.9 Å². The SMILES string of the molecule is CCCCc1nnc(NC(=O)N2CCN(CC(=O)Nc3ccccc3)CC2)s1. The number of unbranched alkanes of at least 4 members (excludes halogenated alkanes) is 1. The lowest BCUT2D eigenvalue weighted by molar-refractivity contribution is -0.117. The largest absolute Gasteiger partial charge is 0.325 e. The Morgan fingerprint density at radius 3 is 2.54 bits per heavy atom. The number of aromatic nitrogens is 2. The van der Waals surface area contributed by atoms with E-state index in [4.69, 9.17) is 0 Å². The molecule has 0 atom stereocenters. The number of piperazine rings is 1. The summed E-state index contributed by atoms with van der Waals surface area (Å²) in [6.07, 6.45) is 3.07. The molecule has 3 amide bonds. The first-order chi connectivity index (χ1) is 13.6. The van der Waals surface area contributed by atoms with E-state index in [0.29, 0.717) is 37.9 Å². The van der Waals surface area contributed by atoms with E-state index in [1.165, 1.54) is 11.3 Å². The third kappa shape index (κ3) is 6.00. The van der Waals surface area contributed by atoms with E-state index in [1.54, 1.807) is 4.90 Å². The van der Waals surface area contributed by atoms with E-state index in [2.05, 4.69) is 32.7 Å². The minimum atomic E-state index is -0.161. The van der Waals surface area contributed by atoms with Gasteiger partial charge in [-0.25, -0.2) is 4.79 Å². The van der Waals surface area contributed by atoms with Crippen molar-refractivity contribution in [3.8, 4) is 0 Å². The van der Waals surface area contributed by atoms with E-state index < -0.39 is 0 Å². The molecule has 9 heteroatoms. The number of carbonyl (C=O) groups is 2. The summed E-state index contributed by atoms with van der Waals surface area (Å²) in [5, 5.41) is 15.4. The lowest BCUT2D eigenvalue weighted by atomic mass is 10.3. The zero-order chi connectivity index (χ0) is 19.8. The van der Waals surface area contributed by atoms with Gasteiger partial charge in [0.05, 0.1) is 6.54 Å². The lowest BCUT2D eigenvalue weighted by Crippen LogP contribution is -2.51. The lowest BCUT2D eigenvalue weighted by Gasteiger charge is -2.34. The monoisotopic (exact) mass is 402 g/mol. The van der Waals surface area contributed by atoms with Crippen LogP contribution < -0.4 is 10.6 Å². The Morgan fingerprint density at radius 1 is 1.07 bits per heavy atom. The van der Waals surface area contributed by atoms with Gasteiger partial charge in [0.2, 0.25) is 11.0 Å². The minimum Gasteiger partial charge on any atom is -0.325 e. The number of hydrogen-bond donors (Lipinski definition) is 2. The fraction of sp³-hybridized carbons (Fsp3) is 0.474. The molecule has 28 heavy (non-hydrogen) atoms. The quantitative estimate of drug-likeness (QED) is 0.743. The Balaban J connectivity index is 1.40. The summed E-state index contributed by atoms with van der Waals surface area (Å²) in [4.78, 5) is 28.4. The second-order valence-electron chi connectivity index (χ2n) is 6.71. The van der Waals surface area contributed by atoms with Crippen LogP contribution in [0, 0.1) is 0 Å². The molecule has 1 aromatic heterocycles. The highest BCUT2D eigenvalue weighted by molar-refractivity contribution is 7.15. The van der Waals surface area contributed by atoms with Crippen LogP contribution in [-0.2, 0) is 11.2 Å². The van der Waals surface area contributed by atoms with Gasteiger partial charge in [-0.2, -0.15) is 0 Å². The minimum absolute atomic E-state index is 0.0439. The van der Waals surface area contributed by atoms with Crippen LogP contribution in [0.1, 0.15) is 24.8 Å². The van der Waals surface area contributed by atoms with Crippen LogP contribution in [0.4, 0.5) is 15.6 Å². The van der Waals surface area contributed by atoms with Crippen molar-refractivity contribution in [2.45, 2.75) is 26.2 Å². The van der Waals surface area contributed by atoms with Crippen LogP contribution in [0.3, 0.4) is 0 Å². The first kappa shape index (κ1) is 20.2. The van der Waals surface area contributed by atoms with Crippen molar-refractivity contribution in [3.05, 3.63) is 35.3 Å². The number of benzene rings is 1. The van der Waals surface area contributed by atoms with Gasteiger partial charge in [0.1, 0.15) is 5.01 Å². The third-order valence-corrected chi connectivity index (χ3v) is 5.41. The summed E-state index contributed by atoms with van der Waals surface area (Å²) < 4.78 is 0. The second-order valence-corrected chi connectivity index (χ2v) is 7.77. The van der Waals surface area contributed by atoms with E-state index in [-0.39, 0.29) is 11.9 Å². The number of hydrogen-bond acceptors (Lipinski definition) is 6. The number of nitrogens with one attached hydrogen (secondary N) is 2. The smallest absolute Gasteiger partial charge is 0.323 e. The fourth-order valence-electron chi connectivity index (χ4n) is 2.94. The van der Waals surface area contributed by atoms with Crippen molar-refractivity contribution in [1.29, 1.82) is 0 Å². The molecule has 8 nitrogen and oxygen atoms in total. The molecule has 1 saturated heterocycles. The molecule has 0 spiro atoms. The average molecular weight is 403 g/mol. The third-order valence-electron chi connectivity index (χ3n) is 4.51. The molecule has 1 fully saturated rings. The topological polar surface area (TPSA) is 90.5 Å². The summed E-state index contributed by atoms with van der Waals surface area (Å²) in [6.45, 7) is 4.93. The Bertz CT molecular complexity index is 774. The maximum absolute atomic E-state index is 12.4. The number of aryl methyl sites for hydroxylation is 1. The van der Waals surface area contributed by atoms with Gasteiger partial charge in [-0.05, 0) is 18.6 Å². The van der Waals surface area contributed by atoms with Crippen molar-refractivity contribution in [1.82, 2.24) is 20.0 Å². The number of amides is 3. The molecule has 0 unspecified atom stereocenters. The Labute approximate surface area is 168 Å². The van der Waals surface area contributed by atoms with Gasteiger partial charge in [-0.15, -0.1) is 10.2 Å². The number of urea groups is 1. The number of nitrogens with zero attached hydrogens (tertiary/aromatic N) is 4. The van der Waals surface area contributed by atoms with E-state index >= 15 is 0 Å². The molecule has 3 rings (SSSR count). The molecule has 150 valence electrons. The van der Waals surface area contributed by atoms with Gasteiger partial charge in [0, 0.05) is 38.3 Å².